The third-order valence-electron chi connectivity index (χ3n) is 7.33. The number of aromatic amines is 1. The van der Waals surface area contributed by atoms with E-state index in [1.165, 1.54) is 11.6 Å². The van der Waals surface area contributed by atoms with Crippen LogP contribution in [0.3, 0.4) is 0 Å². The topological polar surface area (TPSA) is 42.5 Å². The van der Waals surface area contributed by atoms with Crippen molar-refractivity contribution in [2.24, 2.45) is 11.3 Å². The van der Waals surface area contributed by atoms with E-state index in [1.807, 2.05) is 12.3 Å². The zero-order valence-corrected chi connectivity index (χ0v) is 17.4. The molecule has 0 bridgehead atoms. The normalized spacial score (nSPS) is 22.3. The molecule has 1 aromatic heterocycles. The first-order chi connectivity index (χ1) is 14.6. The Hall–Kier alpha value is -2.21. The molecule has 2 aliphatic rings. The molecule has 2 aliphatic heterocycles. The van der Waals surface area contributed by atoms with Gasteiger partial charge in [0.2, 0.25) is 0 Å². The highest BCUT2D eigenvalue weighted by Crippen LogP contribution is 2.45. The van der Waals surface area contributed by atoms with Crippen LogP contribution in [0.1, 0.15) is 24.0 Å². The van der Waals surface area contributed by atoms with Gasteiger partial charge >= 0.3 is 0 Å². The lowest BCUT2D eigenvalue weighted by Crippen LogP contribution is -2.44. The summed E-state index contributed by atoms with van der Waals surface area (Å²) >= 11 is 0. The number of hydrogen-bond acceptors (Lipinski definition) is 3. The molecule has 0 amide bonds. The molecule has 1 spiro atoms. The number of nitrogens with zero attached hydrogens (tertiary/aromatic N) is 2. The van der Waals surface area contributed by atoms with Crippen molar-refractivity contribution >= 4 is 10.9 Å². The van der Waals surface area contributed by atoms with Gasteiger partial charge in [-0.3, -0.25) is 9.80 Å². The molecule has 3 aromatic rings. The van der Waals surface area contributed by atoms with Crippen molar-refractivity contribution in [1.82, 2.24) is 14.8 Å². The van der Waals surface area contributed by atoms with Gasteiger partial charge in [-0.05, 0) is 60.7 Å². The summed E-state index contributed by atoms with van der Waals surface area (Å²) < 4.78 is 13.7. The first kappa shape index (κ1) is 19.7. The lowest BCUT2D eigenvalue weighted by Gasteiger charge is -2.42. The van der Waals surface area contributed by atoms with Gasteiger partial charge in [0.1, 0.15) is 5.82 Å². The van der Waals surface area contributed by atoms with Crippen LogP contribution in [0.25, 0.3) is 10.9 Å². The third kappa shape index (κ3) is 3.78. The summed E-state index contributed by atoms with van der Waals surface area (Å²) in [5, 5.41) is 11.1. The number of aliphatic hydroxyl groups is 1. The predicted octanol–water partition coefficient (Wildman–Crippen LogP) is 4.01. The second-order valence-electron chi connectivity index (χ2n) is 9.18. The highest BCUT2D eigenvalue weighted by Gasteiger charge is 2.47. The largest absolute Gasteiger partial charge is 0.396 e. The summed E-state index contributed by atoms with van der Waals surface area (Å²) in [4.78, 5) is 8.27. The van der Waals surface area contributed by atoms with E-state index >= 15 is 0 Å². The Morgan fingerprint density at radius 2 is 1.83 bits per heavy atom. The number of likely N-dealkylation sites (tertiary alicyclic amines) is 2. The van der Waals surface area contributed by atoms with Crippen molar-refractivity contribution < 1.29 is 9.50 Å². The first-order valence-electron chi connectivity index (χ1n) is 11.0. The SMILES string of the molecule is OCC1CN(Cc2ccccc2)CC12CCN(Cc1c[nH]c3ccc(F)cc13)CC2. The Kier molecular flexibility index (Phi) is 5.35. The molecule has 2 saturated heterocycles. The molecule has 5 rings (SSSR count). The van der Waals surface area contributed by atoms with E-state index in [9.17, 15) is 9.50 Å². The summed E-state index contributed by atoms with van der Waals surface area (Å²) in [6.07, 6.45) is 4.24. The fourth-order valence-corrected chi connectivity index (χ4v) is 5.60. The number of fused-ring (bicyclic) bond motifs is 1. The number of aliphatic hydroxyl groups excluding tert-OH is 1. The molecular formula is C25H30FN3O. The van der Waals surface area contributed by atoms with Gasteiger partial charge in [0.05, 0.1) is 0 Å². The number of H-pyrrole nitrogens is 1. The zero-order valence-electron chi connectivity index (χ0n) is 17.4. The molecule has 5 heteroatoms. The summed E-state index contributed by atoms with van der Waals surface area (Å²) in [6.45, 7) is 6.18. The number of rotatable bonds is 5. The number of piperidine rings is 1. The minimum atomic E-state index is -0.184. The van der Waals surface area contributed by atoms with Crippen LogP contribution in [0, 0.1) is 17.2 Å². The van der Waals surface area contributed by atoms with Crippen LogP contribution in [-0.2, 0) is 13.1 Å². The maximum absolute atomic E-state index is 13.7. The van der Waals surface area contributed by atoms with E-state index in [2.05, 4.69) is 45.1 Å². The Morgan fingerprint density at radius 3 is 2.60 bits per heavy atom. The van der Waals surface area contributed by atoms with Crippen LogP contribution < -0.4 is 0 Å². The fraction of sp³-hybridized carbons (Fsp3) is 0.440. The minimum absolute atomic E-state index is 0.184. The molecule has 2 N–H and O–H groups in total. The minimum Gasteiger partial charge on any atom is -0.396 e. The van der Waals surface area contributed by atoms with E-state index < -0.39 is 0 Å². The first-order valence-corrected chi connectivity index (χ1v) is 11.0. The van der Waals surface area contributed by atoms with Gasteiger partial charge < -0.3 is 10.1 Å². The van der Waals surface area contributed by atoms with E-state index in [0.29, 0.717) is 5.92 Å². The fourth-order valence-electron chi connectivity index (χ4n) is 5.60. The van der Waals surface area contributed by atoms with Crippen LogP contribution in [0.4, 0.5) is 4.39 Å². The van der Waals surface area contributed by atoms with Crippen LogP contribution in [-0.4, -0.2) is 52.7 Å². The van der Waals surface area contributed by atoms with Crippen molar-refractivity contribution in [3.63, 3.8) is 0 Å². The van der Waals surface area contributed by atoms with E-state index in [4.69, 9.17) is 0 Å². The van der Waals surface area contributed by atoms with Crippen molar-refractivity contribution in [3.8, 4) is 0 Å². The lowest BCUT2D eigenvalue weighted by molar-refractivity contribution is 0.0483. The Bertz CT molecular complexity index is 994. The maximum Gasteiger partial charge on any atom is 0.123 e. The molecule has 4 nitrogen and oxygen atoms in total. The van der Waals surface area contributed by atoms with Crippen molar-refractivity contribution in [1.29, 1.82) is 0 Å². The summed E-state index contributed by atoms with van der Waals surface area (Å²) in [5.74, 6) is 0.168. The predicted molar refractivity (Wildman–Crippen MR) is 117 cm³/mol. The summed E-state index contributed by atoms with van der Waals surface area (Å²) in [5.41, 5.74) is 3.71. The summed E-state index contributed by atoms with van der Waals surface area (Å²) in [7, 11) is 0. The second kappa shape index (κ2) is 8.14. The summed E-state index contributed by atoms with van der Waals surface area (Å²) in [6, 6.07) is 15.6. The van der Waals surface area contributed by atoms with Gasteiger partial charge in [-0.25, -0.2) is 4.39 Å². The van der Waals surface area contributed by atoms with Crippen LogP contribution >= 0.6 is 0 Å². The van der Waals surface area contributed by atoms with Crippen molar-refractivity contribution in [2.75, 3.05) is 32.8 Å². The Labute approximate surface area is 177 Å². The number of halogens is 1. The van der Waals surface area contributed by atoms with Gasteiger partial charge in [0.15, 0.2) is 0 Å². The molecular weight excluding hydrogens is 377 g/mol. The molecule has 2 fully saturated rings. The number of benzene rings is 2. The smallest absolute Gasteiger partial charge is 0.123 e. The lowest BCUT2D eigenvalue weighted by atomic mass is 9.71. The van der Waals surface area contributed by atoms with Gasteiger partial charge in [-0.15, -0.1) is 0 Å². The number of aromatic nitrogens is 1. The van der Waals surface area contributed by atoms with Gasteiger partial charge in [-0.1, -0.05) is 30.3 Å². The van der Waals surface area contributed by atoms with E-state index in [-0.39, 0.29) is 17.8 Å². The molecule has 1 atom stereocenters. The molecule has 1 unspecified atom stereocenters. The van der Waals surface area contributed by atoms with E-state index in [0.717, 1.165) is 68.6 Å². The second-order valence-corrected chi connectivity index (χ2v) is 9.18. The standard InChI is InChI=1S/C25H30FN3O/c26-22-6-7-24-23(12-22)20(13-27-24)15-28-10-8-25(9-11-28)18-29(16-21(25)17-30)14-19-4-2-1-3-5-19/h1-7,12-13,21,27,30H,8-11,14-18H2. The van der Waals surface area contributed by atoms with Gasteiger partial charge in [-0.2, -0.15) is 0 Å². The van der Waals surface area contributed by atoms with Crippen molar-refractivity contribution in [2.45, 2.75) is 25.9 Å². The highest BCUT2D eigenvalue weighted by atomic mass is 19.1. The van der Waals surface area contributed by atoms with E-state index in [1.54, 1.807) is 6.07 Å². The number of hydrogen-bond donors (Lipinski definition) is 2. The quantitative estimate of drug-likeness (QED) is 0.672. The Balaban J connectivity index is 1.24. The van der Waals surface area contributed by atoms with Crippen LogP contribution in [0.2, 0.25) is 0 Å². The molecule has 30 heavy (non-hydrogen) atoms. The van der Waals surface area contributed by atoms with Crippen molar-refractivity contribution in [3.05, 3.63) is 71.7 Å². The van der Waals surface area contributed by atoms with Crippen LogP contribution in [0.5, 0.6) is 0 Å². The molecule has 158 valence electrons. The molecule has 0 saturated carbocycles. The Morgan fingerprint density at radius 1 is 1.03 bits per heavy atom. The molecule has 0 aliphatic carbocycles. The average Bonchev–Trinajstić information content (AvgIpc) is 3.31. The molecule has 0 radical (unpaired) electrons. The average molecular weight is 408 g/mol. The third-order valence-corrected chi connectivity index (χ3v) is 7.33. The van der Waals surface area contributed by atoms with Gasteiger partial charge in [0, 0.05) is 55.8 Å². The molecule has 2 aromatic carbocycles. The zero-order chi connectivity index (χ0) is 20.6. The molecule has 3 heterocycles. The highest BCUT2D eigenvalue weighted by molar-refractivity contribution is 5.83. The number of nitrogens with one attached hydrogen (secondary N) is 1. The maximum atomic E-state index is 13.7. The van der Waals surface area contributed by atoms with Crippen LogP contribution in [0.15, 0.2) is 54.7 Å². The monoisotopic (exact) mass is 407 g/mol. The van der Waals surface area contributed by atoms with Gasteiger partial charge in [0.25, 0.3) is 0 Å².